The fourth-order valence-electron chi connectivity index (χ4n) is 1.49. The average molecular weight is 184 g/mol. The van der Waals surface area contributed by atoms with Crippen molar-refractivity contribution in [1.82, 2.24) is 10.2 Å². The van der Waals surface area contributed by atoms with Gasteiger partial charge in [0.25, 0.3) is 0 Å². The van der Waals surface area contributed by atoms with E-state index >= 15 is 0 Å². The van der Waals surface area contributed by atoms with Crippen molar-refractivity contribution in [3.05, 3.63) is 0 Å². The molecule has 4 nitrogen and oxygen atoms in total. The molecule has 4 heteroatoms. The first kappa shape index (κ1) is 10.0. The lowest BCUT2D eigenvalue weighted by molar-refractivity contribution is -0.149. The molecule has 1 rings (SSSR count). The van der Waals surface area contributed by atoms with Gasteiger partial charge in [-0.05, 0) is 20.3 Å². The number of piperazine rings is 1. The van der Waals surface area contributed by atoms with Crippen LogP contribution in [0.1, 0.15) is 27.2 Å². The highest BCUT2D eigenvalue weighted by molar-refractivity contribution is 5.97. The first-order chi connectivity index (χ1) is 6.03. The van der Waals surface area contributed by atoms with E-state index < -0.39 is 5.54 Å². The molecule has 2 amide bonds. The van der Waals surface area contributed by atoms with Gasteiger partial charge < -0.3 is 10.2 Å². The van der Waals surface area contributed by atoms with Crippen LogP contribution in [-0.2, 0) is 9.59 Å². The lowest BCUT2D eigenvalue weighted by atomic mass is 9.94. The van der Waals surface area contributed by atoms with Crippen LogP contribution in [0.15, 0.2) is 0 Å². The molecule has 1 heterocycles. The zero-order chi connectivity index (χ0) is 10.1. The molecule has 1 unspecified atom stereocenters. The fourth-order valence-corrected chi connectivity index (χ4v) is 1.49. The molecular formula is C9H16N2O2. The van der Waals surface area contributed by atoms with E-state index in [1.165, 1.54) is 0 Å². The van der Waals surface area contributed by atoms with Crippen molar-refractivity contribution in [2.75, 3.05) is 13.1 Å². The largest absolute Gasteiger partial charge is 0.340 e. The molecule has 0 saturated carbocycles. The van der Waals surface area contributed by atoms with Gasteiger partial charge in [0.15, 0.2) is 0 Å². The second-order valence-electron chi connectivity index (χ2n) is 3.55. The summed E-state index contributed by atoms with van der Waals surface area (Å²) in [5, 5.41) is 2.73. The van der Waals surface area contributed by atoms with Crippen LogP contribution in [0.2, 0.25) is 0 Å². The molecule has 1 aliphatic rings. The Labute approximate surface area is 78.3 Å². The quantitative estimate of drug-likeness (QED) is 0.663. The number of nitrogens with one attached hydrogen (secondary N) is 1. The van der Waals surface area contributed by atoms with Crippen LogP contribution in [0.5, 0.6) is 0 Å². The SMILES string of the molecule is CCN1CC(=O)NC(C)(CC)C1=O. The first-order valence-electron chi connectivity index (χ1n) is 4.64. The Morgan fingerprint density at radius 3 is 2.54 bits per heavy atom. The summed E-state index contributed by atoms with van der Waals surface area (Å²) in [6.45, 7) is 6.35. The molecule has 0 spiro atoms. The third-order valence-corrected chi connectivity index (χ3v) is 2.60. The smallest absolute Gasteiger partial charge is 0.248 e. The Bertz CT molecular complexity index is 240. The molecule has 13 heavy (non-hydrogen) atoms. The first-order valence-corrected chi connectivity index (χ1v) is 4.64. The van der Waals surface area contributed by atoms with Gasteiger partial charge in [0.05, 0.1) is 6.54 Å². The van der Waals surface area contributed by atoms with E-state index in [1.54, 1.807) is 11.8 Å². The van der Waals surface area contributed by atoms with Gasteiger partial charge in [-0.15, -0.1) is 0 Å². The van der Waals surface area contributed by atoms with Crippen molar-refractivity contribution in [1.29, 1.82) is 0 Å². The van der Waals surface area contributed by atoms with Gasteiger partial charge in [0.2, 0.25) is 11.8 Å². The minimum Gasteiger partial charge on any atom is -0.340 e. The zero-order valence-corrected chi connectivity index (χ0v) is 8.39. The van der Waals surface area contributed by atoms with Crippen molar-refractivity contribution < 1.29 is 9.59 Å². The van der Waals surface area contributed by atoms with Crippen molar-refractivity contribution >= 4 is 11.8 Å². The number of rotatable bonds is 2. The van der Waals surface area contributed by atoms with Crippen LogP contribution in [0.3, 0.4) is 0 Å². The molecule has 0 aromatic carbocycles. The number of hydrogen-bond donors (Lipinski definition) is 1. The molecule has 1 fully saturated rings. The molecule has 0 aliphatic carbocycles. The van der Waals surface area contributed by atoms with Gasteiger partial charge in [-0.1, -0.05) is 6.92 Å². The monoisotopic (exact) mass is 184 g/mol. The minimum atomic E-state index is -0.689. The summed E-state index contributed by atoms with van der Waals surface area (Å²) in [6.07, 6.45) is 0.633. The second kappa shape index (κ2) is 3.36. The highest BCUT2D eigenvalue weighted by atomic mass is 16.2. The predicted molar refractivity (Wildman–Crippen MR) is 49.1 cm³/mol. The summed E-state index contributed by atoms with van der Waals surface area (Å²) >= 11 is 0. The molecule has 1 saturated heterocycles. The number of nitrogens with zero attached hydrogens (tertiary/aromatic N) is 1. The Balaban J connectivity index is 2.87. The van der Waals surface area contributed by atoms with Gasteiger partial charge in [-0.3, -0.25) is 9.59 Å². The summed E-state index contributed by atoms with van der Waals surface area (Å²) < 4.78 is 0. The van der Waals surface area contributed by atoms with Crippen LogP contribution in [0.4, 0.5) is 0 Å². The number of hydrogen-bond acceptors (Lipinski definition) is 2. The van der Waals surface area contributed by atoms with Gasteiger partial charge >= 0.3 is 0 Å². The van der Waals surface area contributed by atoms with Gasteiger partial charge in [0, 0.05) is 6.54 Å². The predicted octanol–water partition coefficient (Wildman–Crippen LogP) is 0.133. The van der Waals surface area contributed by atoms with Crippen molar-refractivity contribution in [3.63, 3.8) is 0 Å². The maximum absolute atomic E-state index is 11.8. The van der Waals surface area contributed by atoms with E-state index in [4.69, 9.17) is 0 Å². The number of carbonyl (C=O) groups is 2. The third-order valence-electron chi connectivity index (χ3n) is 2.60. The Kier molecular flexibility index (Phi) is 2.59. The highest BCUT2D eigenvalue weighted by Crippen LogP contribution is 2.16. The van der Waals surface area contributed by atoms with E-state index in [9.17, 15) is 9.59 Å². The van der Waals surface area contributed by atoms with E-state index in [0.29, 0.717) is 13.0 Å². The zero-order valence-electron chi connectivity index (χ0n) is 8.39. The molecule has 0 aromatic rings. The van der Waals surface area contributed by atoms with Crippen molar-refractivity contribution in [2.24, 2.45) is 0 Å². The highest BCUT2D eigenvalue weighted by Gasteiger charge is 2.40. The Morgan fingerprint density at radius 1 is 1.46 bits per heavy atom. The lowest BCUT2D eigenvalue weighted by Gasteiger charge is -2.38. The molecular weight excluding hydrogens is 168 g/mol. The molecule has 74 valence electrons. The summed E-state index contributed by atoms with van der Waals surface area (Å²) in [6, 6.07) is 0. The van der Waals surface area contributed by atoms with Crippen LogP contribution in [-0.4, -0.2) is 35.3 Å². The molecule has 1 atom stereocenters. The summed E-state index contributed by atoms with van der Waals surface area (Å²) in [5.41, 5.74) is -0.689. The van der Waals surface area contributed by atoms with Gasteiger partial charge in [0.1, 0.15) is 5.54 Å². The standard InChI is InChI=1S/C9H16N2O2/c1-4-9(3)8(13)11(5-2)6-7(12)10-9/h4-6H2,1-3H3,(H,10,12). The van der Waals surface area contributed by atoms with E-state index in [2.05, 4.69) is 5.32 Å². The molecule has 1 N–H and O–H groups in total. The summed E-state index contributed by atoms with van der Waals surface area (Å²) in [5.74, 6) is -0.0390. The molecule has 0 aromatic heterocycles. The number of amides is 2. The maximum Gasteiger partial charge on any atom is 0.248 e. The average Bonchev–Trinajstić information content (AvgIpc) is 2.11. The van der Waals surface area contributed by atoms with Gasteiger partial charge in [-0.25, -0.2) is 0 Å². The van der Waals surface area contributed by atoms with Crippen LogP contribution < -0.4 is 5.32 Å². The second-order valence-corrected chi connectivity index (χ2v) is 3.55. The third kappa shape index (κ3) is 1.66. The molecule has 1 aliphatic heterocycles. The number of likely N-dealkylation sites (N-methyl/N-ethyl adjacent to an activating group) is 1. The van der Waals surface area contributed by atoms with Crippen LogP contribution in [0.25, 0.3) is 0 Å². The summed E-state index contributed by atoms with van der Waals surface area (Å²) in [4.78, 5) is 24.6. The Hall–Kier alpha value is -1.06. The van der Waals surface area contributed by atoms with Crippen molar-refractivity contribution in [2.45, 2.75) is 32.7 Å². The van der Waals surface area contributed by atoms with E-state index in [-0.39, 0.29) is 18.4 Å². The van der Waals surface area contributed by atoms with Crippen LogP contribution in [0, 0.1) is 0 Å². The minimum absolute atomic E-state index is 0.0251. The van der Waals surface area contributed by atoms with E-state index in [0.717, 1.165) is 0 Å². The van der Waals surface area contributed by atoms with E-state index in [1.807, 2.05) is 13.8 Å². The normalized spacial score (nSPS) is 29.0. The van der Waals surface area contributed by atoms with Crippen LogP contribution >= 0.6 is 0 Å². The summed E-state index contributed by atoms with van der Waals surface area (Å²) in [7, 11) is 0. The lowest BCUT2D eigenvalue weighted by Crippen LogP contribution is -2.64. The molecule has 0 bridgehead atoms. The Morgan fingerprint density at radius 2 is 2.08 bits per heavy atom. The number of carbonyl (C=O) groups excluding carboxylic acids is 2. The fraction of sp³-hybridized carbons (Fsp3) is 0.778. The molecule has 0 radical (unpaired) electrons. The van der Waals surface area contributed by atoms with Gasteiger partial charge in [-0.2, -0.15) is 0 Å². The maximum atomic E-state index is 11.8. The topological polar surface area (TPSA) is 49.4 Å². The van der Waals surface area contributed by atoms with Crippen molar-refractivity contribution in [3.8, 4) is 0 Å².